The largest absolute Gasteiger partial charge is 0.496 e. The van der Waals surface area contributed by atoms with Crippen molar-refractivity contribution in [3.05, 3.63) is 39.7 Å². The molecule has 4 nitrogen and oxygen atoms in total. The van der Waals surface area contributed by atoms with Crippen molar-refractivity contribution in [2.45, 2.75) is 6.92 Å². The van der Waals surface area contributed by atoms with E-state index in [2.05, 4.69) is 31.2 Å². The first-order valence-electron chi connectivity index (χ1n) is 5.20. The topological polar surface area (TPSA) is 47.0 Å². The molecular formula is C12H11BrClN3O. The van der Waals surface area contributed by atoms with E-state index in [9.17, 15) is 0 Å². The summed E-state index contributed by atoms with van der Waals surface area (Å²) in [7, 11) is 1.63. The van der Waals surface area contributed by atoms with E-state index in [-0.39, 0.29) is 5.28 Å². The smallest absolute Gasteiger partial charge is 0.224 e. The summed E-state index contributed by atoms with van der Waals surface area (Å²) in [5.41, 5.74) is 1.70. The first-order valence-corrected chi connectivity index (χ1v) is 6.37. The maximum absolute atomic E-state index is 5.80. The van der Waals surface area contributed by atoms with Gasteiger partial charge in [-0.2, -0.15) is 0 Å². The van der Waals surface area contributed by atoms with Crippen molar-refractivity contribution in [1.82, 2.24) is 9.97 Å². The van der Waals surface area contributed by atoms with Crippen LogP contribution in [-0.2, 0) is 0 Å². The lowest BCUT2D eigenvalue weighted by Gasteiger charge is -2.09. The monoisotopic (exact) mass is 327 g/mol. The number of hydrogen-bond acceptors (Lipinski definition) is 4. The van der Waals surface area contributed by atoms with Crippen LogP contribution in [0, 0.1) is 6.92 Å². The summed E-state index contributed by atoms with van der Waals surface area (Å²) < 4.78 is 6.03. The van der Waals surface area contributed by atoms with Crippen molar-refractivity contribution < 1.29 is 4.74 Å². The Morgan fingerprint density at radius 1 is 1.28 bits per heavy atom. The third-order valence-corrected chi connectivity index (χ3v) is 3.04. The molecule has 6 heteroatoms. The fourth-order valence-electron chi connectivity index (χ4n) is 1.49. The van der Waals surface area contributed by atoms with Crippen LogP contribution in [-0.4, -0.2) is 17.1 Å². The van der Waals surface area contributed by atoms with Crippen molar-refractivity contribution in [3.8, 4) is 5.75 Å². The Hall–Kier alpha value is -1.33. The van der Waals surface area contributed by atoms with Crippen LogP contribution in [0.25, 0.3) is 0 Å². The molecule has 0 aliphatic carbocycles. The van der Waals surface area contributed by atoms with Gasteiger partial charge in [-0.3, -0.25) is 0 Å². The molecule has 0 saturated carbocycles. The van der Waals surface area contributed by atoms with Crippen LogP contribution in [0.15, 0.2) is 28.7 Å². The van der Waals surface area contributed by atoms with Gasteiger partial charge < -0.3 is 10.1 Å². The van der Waals surface area contributed by atoms with E-state index in [0.29, 0.717) is 5.82 Å². The van der Waals surface area contributed by atoms with E-state index in [0.717, 1.165) is 21.6 Å². The molecule has 0 spiro atoms. The molecule has 1 heterocycles. The van der Waals surface area contributed by atoms with Crippen LogP contribution in [0.3, 0.4) is 0 Å². The van der Waals surface area contributed by atoms with E-state index >= 15 is 0 Å². The van der Waals surface area contributed by atoms with E-state index < -0.39 is 0 Å². The average molecular weight is 329 g/mol. The molecular weight excluding hydrogens is 318 g/mol. The summed E-state index contributed by atoms with van der Waals surface area (Å²) in [5, 5.41) is 3.38. The summed E-state index contributed by atoms with van der Waals surface area (Å²) in [4.78, 5) is 8.10. The molecule has 0 fully saturated rings. The zero-order valence-electron chi connectivity index (χ0n) is 9.87. The molecule has 1 N–H and O–H groups in total. The Labute approximate surface area is 118 Å². The minimum atomic E-state index is 0.227. The SMILES string of the molecule is COc1ccc(Nc2cc(C)nc(Cl)n2)cc1Br. The molecule has 1 aromatic carbocycles. The number of nitrogens with zero attached hydrogens (tertiary/aromatic N) is 2. The number of hydrogen-bond donors (Lipinski definition) is 1. The lowest BCUT2D eigenvalue weighted by atomic mass is 10.3. The summed E-state index contributed by atoms with van der Waals surface area (Å²) in [6.45, 7) is 1.86. The van der Waals surface area contributed by atoms with Crippen LogP contribution < -0.4 is 10.1 Å². The Morgan fingerprint density at radius 3 is 2.67 bits per heavy atom. The average Bonchev–Trinajstić information content (AvgIpc) is 2.27. The summed E-state index contributed by atoms with van der Waals surface area (Å²) in [6, 6.07) is 7.49. The molecule has 2 aromatic rings. The summed E-state index contributed by atoms with van der Waals surface area (Å²) in [6.07, 6.45) is 0. The molecule has 0 aliphatic heterocycles. The van der Waals surface area contributed by atoms with Crippen LogP contribution in [0.4, 0.5) is 11.5 Å². The van der Waals surface area contributed by atoms with Gasteiger partial charge in [0, 0.05) is 17.4 Å². The number of ether oxygens (including phenoxy) is 1. The Kier molecular flexibility index (Phi) is 4.04. The number of halogens is 2. The van der Waals surface area contributed by atoms with Gasteiger partial charge in [0.05, 0.1) is 11.6 Å². The fourth-order valence-corrected chi connectivity index (χ4v) is 2.25. The van der Waals surface area contributed by atoms with E-state index in [1.807, 2.05) is 31.2 Å². The third-order valence-electron chi connectivity index (χ3n) is 2.25. The van der Waals surface area contributed by atoms with Gasteiger partial charge in [-0.1, -0.05) is 0 Å². The lowest BCUT2D eigenvalue weighted by molar-refractivity contribution is 0.412. The summed E-state index contributed by atoms with van der Waals surface area (Å²) in [5.74, 6) is 1.43. The van der Waals surface area contributed by atoms with Crippen molar-refractivity contribution in [2.24, 2.45) is 0 Å². The van der Waals surface area contributed by atoms with Gasteiger partial charge in [-0.15, -0.1) is 0 Å². The number of anilines is 2. The molecule has 0 amide bonds. The maximum atomic E-state index is 5.80. The molecule has 0 radical (unpaired) electrons. The zero-order chi connectivity index (χ0) is 13.1. The van der Waals surface area contributed by atoms with Crippen molar-refractivity contribution in [2.75, 3.05) is 12.4 Å². The molecule has 2 rings (SSSR count). The van der Waals surface area contributed by atoms with Crippen LogP contribution in [0.5, 0.6) is 5.75 Å². The Morgan fingerprint density at radius 2 is 2.06 bits per heavy atom. The van der Waals surface area contributed by atoms with Gasteiger partial charge in [0.15, 0.2) is 0 Å². The van der Waals surface area contributed by atoms with Gasteiger partial charge >= 0.3 is 0 Å². The molecule has 94 valence electrons. The second kappa shape index (κ2) is 5.54. The van der Waals surface area contributed by atoms with Crippen molar-refractivity contribution in [1.29, 1.82) is 0 Å². The highest BCUT2D eigenvalue weighted by atomic mass is 79.9. The third kappa shape index (κ3) is 3.11. The standard InChI is InChI=1S/C12H11BrClN3O/c1-7-5-11(17-12(14)15-7)16-8-3-4-10(18-2)9(13)6-8/h3-6H,1-2H3,(H,15,16,17). The van der Waals surface area contributed by atoms with Crippen molar-refractivity contribution >= 4 is 39.0 Å². The summed E-state index contributed by atoms with van der Waals surface area (Å²) >= 11 is 9.23. The van der Waals surface area contributed by atoms with Crippen molar-refractivity contribution in [3.63, 3.8) is 0 Å². The number of rotatable bonds is 3. The normalized spacial score (nSPS) is 10.2. The quantitative estimate of drug-likeness (QED) is 0.867. The predicted molar refractivity (Wildman–Crippen MR) is 75.8 cm³/mol. The highest BCUT2D eigenvalue weighted by Gasteiger charge is 2.04. The van der Waals surface area contributed by atoms with Gasteiger partial charge in [0.2, 0.25) is 5.28 Å². The molecule has 0 atom stereocenters. The van der Waals surface area contributed by atoms with Crippen LogP contribution in [0.1, 0.15) is 5.69 Å². The second-order valence-electron chi connectivity index (χ2n) is 3.64. The van der Waals surface area contributed by atoms with Crippen LogP contribution in [0.2, 0.25) is 5.28 Å². The number of benzene rings is 1. The van der Waals surface area contributed by atoms with E-state index in [1.54, 1.807) is 7.11 Å². The minimum absolute atomic E-state index is 0.227. The molecule has 0 unspecified atom stereocenters. The molecule has 0 saturated heterocycles. The fraction of sp³-hybridized carbons (Fsp3) is 0.167. The molecule has 0 bridgehead atoms. The minimum Gasteiger partial charge on any atom is -0.496 e. The van der Waals surface area contributed by atoms with Gasteiger partial charge in [-0.05, 0) is 52.7 Å². The first-order chi connectivity index (χ1) is 8.58. The van der Waals surface area contributed by atoms with E-state index in [1.165, 1.54) is 0 Å². The van der Waals surface area contributed by atoms with Gasteiger partial charge in [-0.25, -0.2) is 9.97 Å². The Balaban J connectivity index is 2.25. The van der Waals surface area contributed by atoms with Crippen LogP contribution >= 0.6 is 27.5 Å². The van der Waals surface area contributed by atoms with Gasteiger partial charge in [0.25, 0.3) is 0 Å². The molecule has 0 aliphatic rings. The number of methoxy groups -OCH3 is 1. The molecule has 1 aromatic heterocycles. The highest BCUT2D eigenvalue weighted by Crippen LogP contribution is 2.29. The number of nitrogens with one attached hydrogen (secondary N) is 1. The lowest BCUT2D eigenvalue weighted by Crippen LogP contribution is -1.97. The maximum Gasteiger partial charge on any atom is 0.224 e. The van der Waals surface area contributed by atoms with E-state index in [4.69, 9.17) is 16.3 Å². The predicted octanol–water partition coefficient (Wildman–Crippen LogP) is 3.95. The molecule has 18 heavy (non-hydrogen) atoms. The zero-order valence-corrected chi connectivity index (χ0v) is 12.2. The number of aromatic nitrogens is 2. The van der Waals surface area contributed by atoms with Gasteiger partial charge in [0.1, 0.15) is 11.6 Å². The number of aryl methyl sites for hydroxylation is 1. The first kappa shape index (κ1) is 13.1. The highest BCUT2D eigenvalue weighted by molar-refractivity contribution is 9.10. The second-order valence-corrected chi connectivity index (χ2v) is 4.83. The Bertz CT molecular complexity index is 557.